The minimum absolute atomic E-state index is 0.0209. The highest BCUT2D eigenvalue weighted by molar-refractivity contribution is 5.82. The van der Waals surface area contributed by atoms with Gasteiger partial charge in [-0.1, -0.05) is 31.0 Å². The van der Waals surface area contributed by atoms with Crippen molar-refractivity contribution in [1.82, 2.24) is 15.2 Å². The largest absolute Gasteiger partial charge is 0.352 e. The average molecular weight is 424 g/mol. The predicted octanol–water partition coefficient (Wildman–Crippen LogP) is 3.97. The minimum Gasteiger partial charge on any atom is -0.352 e. The van der Waals surface area contributed by atoms with Gasteiger partial charge in [-0.25, -0.2) is 4.39 Å². The Kier molecular flexibility index (Phi) is 6.64. The molecule has 0 spiro atoms. The number of nitrogens with zero attached hydrogens (tertiary/aromatic N) is 2. The van der Waals surface area contributed by atoms with E-state index in [1.165, 1.54) is 6.07 Å². The summed E-state index contributed by atoms with van der Waals surface area (Å²) in [6, 6.07) is 8.90. The first-order valence-corrected chi connectivity index (χ1v) is 11.2. The normalized spacial score (nSPS) is 21.8. The molecule has 1 saturated carbocycles. The second-order valence-corrected chi connectivity index (χ2v) is 8.94. The van der Waals surface area contributed by atoms with Crippen molar-refractivity contribution in [3.8, 4) is 0 Å². The van der Waals surface area contributed by atoms with Gasteiger partial charge < -0.3 is 10.2 Å². The standard InChI is InChI=1S/C25H30FN3O2/c1-17-11-20(8-9-23(17)26)21-12-22(24(30)28-14-18-5-4-10-27-13-18)16-29(15-21)25(31)19-6-2-3-7-19/h4-5,8-11,13,19,21-22H,2-3,6-7,12,14-16H2,1H3,(H,28,30)/t21-,22+/m0/s1. The third-order valence-electron chi connectivity index (χ3n) is 6.68. The molecule has 4 rings (SSSR count). The molecule has 2 aromatic rings. The van der Waals surface area contributed by atoms with Crippen LogP contribution < -0.4 is 5.32 Å². The van der Waals surface area contributed by atoms with Gasteiger partial charge in [-0.3, -0.25) is 14.6 Å². The molecule has 0 bridgehead atoms. The molecule has 2 amide bonds. The first kappa shape index (κ1) is 21.5. The molecule has 164 valence electrons. The van der Waals surface area contributed by atoms with Crippen molar-refractivity contribution in [2.45, 2.75) is 51.5 Å². The van der Waals surface area contributed by atoms with Crippen molar-refractivity contribution < 1.29 is 14.0 Å². The van der Waals surface area contributed by atoms with Crippen LogP contribution in [0.25, 0.3) is 0 Å². The van der Waals surface area contributed by atoms with Gasteiger partial charge in [0.2, 0.25) is 11.8 Å². The van der Waals surface area contributed by atoms with Gasteiger partial charge in [0.05, 0.1) is 5.92 Å². The number of hydrogen-bond donors (Lipinski definition) is 1. The minimum atomic E-state index is -0.286. The number of piperidine rings is 1. The van der Waals surface area contributed by atoms with Crippen molar-refractivity contribution in [1.29, 1.82) is 0 Å². The molecule has 0 radical (unpaired) electrons. The molecule has 1 aromatic carbocycles. The van der Waals surface area contributed by atoms with Gasteiger partial charge in [-0.05, 0) is 55.0 Å². The SMILES string of the molecule is Cc1cc([C@H]2C[C@@H](C(=O)NCc3cccnc3)CN(C(=O)C3CCCC3)C2)ccc1F. The summed E-state index contributed by atoms with van der Waals surface area (Å²) in [6.07, 6.45) is 8.16. The Labute approximate surface area is 183 Å². The lowest BCUT2D eigenvalue weighted by atomic mass is 9.83. The topological polar surface area (TPSA) is 62.3 Å². The second kappa shape index (κ2) is 9.58. The van der Waals surface area contributed by atoms with Crippen molar-refractivity contribution in [3.63, 3.8) is 0 Å². The zero-order valence-electron chi connectivity index (χ0n) is 18.0. The summed E-state index contributed by atoms with van der Waals surface area (Å²) < 4.78 is 13.8. The van der Waals surface area contributed by atoms with Crippen molar-refractivity contribution >= 4 is 11.8 Å². The zero-order chi connectivity index (χ0) is 21.8. The van der Waals surface area contributed by atoms with Crippen LogP contribution in [0.15, 0.2) is 42.7 Å². The number of hydrogen-bond acceptors (Lipinski definition) is 3. The van der Waals surface area contributed by atoms with Crippen LogP contribution in [0.4, 0.5) is 4.39 Å². The molecular weight excluding hydrogens is 393 g/mol. The number of carbonyl (C=O) groups excluding carboxylic acids is 2. The summed E-state index contributed by atoms with van der Waals surface area (Å²) >= 11 is 0. The van der Waals surface area contributed by atoms with Gasteiger partial charge in [0.25, 0.3) is 0 Å². The zero-order valence-corrected chi connectivity index (χ0v) is 18.0. The maximum absolute atomic E-state index is 13.8. The average Bonchev–Trinajstić information content (AvgIpc) is 3.34. The van der Waals surface area contributed by atoms with E-state index in [1.54, 1.807) is 25.4 Å². The highest BCUT2D eigenvalue weighted by Crippen LogP contribution is 2.34. The van der Waals surface area contributed by atoms with Crippen LogP contribution in [-0.2, 0) is 16.1 Å². The van der Waals surface area contributed by atoms with Crippen molar-refractivity contribution in [2.24, 2.45) is 11.8 Å². The number of likely N-dealkylation sites (tertiary alicyclic amines) is 1. The van der Waals surface area contributed by atoms with Crippen molar-refractivity contribution in [2.75, 3.05) is 13.1 Å². The Morgan fingerprint density at radius 1 is 1.16 bits per heavy atom. The molecule has 2 atom stereocenters. The van der Waals surface area contributed by atoms with E-state index in [-0.39, 0.29) is 35.4 Å². The van der Waals surface area contributed by atoms with Crippen LogP contribution in [0.1, 0.15) is 54.7 Å². The van der Waals surface area contributed by atoms with Crippen molar-refractivity contribution in [3.05, 3.63) is 65.2 Å². The van der Waals surface area contributed by atoms with E-state index in [9.17, 15) is 14.0 Å². The molecular formula is C25H30FN3O2. The molecule has 31 heavy (non-hydrogen) atoms. The van der Waals surface area contributed by atoms with Crippen LogP contribution >= 0.6 is 0 Å². The number of carbonyl (C=O) groups is 2. The fraction of sp³-hybridized carbons (Fsp3) is 0.480. The summed E-state index contributed by atoms with van der Waals surface area (Å²) in [6.45, 7) is 3.21. The van der Waals surface area contributed by atoms with Crippen LogP contribution in [0.2, 0.25) is 0 Å². The highest BCUT2D eigenvalue weighted by atomic mass is 19.1. The molecule has 1 aliphatic heterocycles. The van der Waals surface area contributed by atoms with Gasteiger partial charge in [0.1, 0.15) is 5.82 Å². The summed E-state index contributed by atoms with van der Waals surface area (Å²) in [4.78, 5) is 32.2. The van der Waals surface area contributed by atoms with Crippen LogP contribution in [0.3, 0.4) is 0 Å². The van der Waals surface area contributed by atoms with Crippen LogP contribution in [-0.4, -0.2) is 34.8 Å². The highest BCUT2D eigenvalue weighted by Gasteiger charge is 2.37. The molecule has 2 heterocycles. The number of halogens is 1. The monoisotopic (exact) mass is 423 g/mol. The van der Waals surface area contributed by atoms with Gasteiger partial charge in [-0.2, -0.15) is 0 Å². The van der Waals surface area contributed by atoms with Crippen LogP contribution in [0.5, 0.6) is 0 Å². The number of aryl methyl sites for hydroxylation is 1. The quantitative estimate of drug-likeness (QED) is 0.792. The van der Waals surface area contributed by atoms with Gasteiger partial charge >= 0.3 is 0 Å². The Bertz CT molecular complexity index is 928. The van der Waals surface area contributed by atoms with E-state index in [0.29, 0.717) is 31.6 Å². The van der Waals surface area contributed by atoms with Gasteiger partial charge in [-0.15, -0.1) is 0 Å². The fourth-order valence-electron chi connectivity index (χ4n) is 4.90. The summed E-state index contributed by atoms with van der Waals surface area (Å²) in [5.41, 5.74) is 2.53. The lowest BCUT2D eigenvalue weighted by molar-refractivity contribution is -0.139. The fourth-order valence-corrected chi connectivity index (χ4v) is 4.90. The molecule has 1 saturated heterocycles. The smallest absolute Gasteiger partial charge is 0.225 e. The first-order valence-electron chi connectivity index (χ1n) is 11.2. The molecule has 5 nitrogen and oxygen atoms in total. The Morgan fingerprint density at radius 2 is 1.97 bits per heavy atom. The van der Waals surface area contributed by atoms with E-state index in [4.69, 9.17) is 0 Å². The molecule has 6 heteroatoms. The molecule has 1 aliphatic carbocycles. The number of pyridine rings is 1. The summed E-state index contributed by atoms with van der Waals surface area (Å²) in [7, 11) is 0. The predicted molar refractivity (Wildman–Crippen MR) is 117 cm³/mol. The van der Waals surface area contributed by atoms with E-state index in [0.717, 1.165) is 36.8 Å². The summed E-state index contributed by atoms with van der Waals surface area (Å²) in [5, 5.41) is 3.01. The Balaban J connectivity index is 1.51. The number of rotatable bonds is 5. The van der Waals surface area contributed by atoms with E-state index in [1.807, 2.05) is 23.1 Å². The van der Waals surface area contributed by atoms with Gasteiger partial charge in [0.15, 0.2) is 0 Å². The van der Waals surface area contributed by atoms with Crippen LogP contribution in [0, 0.1) is 24.6 Å². The number of benzene rings is 1. The molecule has 2 aliphatic rings. The maximum atomic E-state index is 13.8. The lowest BCUT2D eigenvalue weighted by Crippen LogP contribution is -2.49. The third-order valence-corrected chi connectivity index (χ3v) is 6.68. The molecule has 2 fully saturated rings. The third kappa shape index (κ3) is 5.12. The number of aromatic nitrogens is 1. The number of nitrogens with one attached hydrogen (secondary N) is 1. The van der Waals surface area contributed by atoms with E-state index < -0.39 is 0 Å². The lowest BCUT2D eigenvalue weighted by Gasteiger charge is -2.38. The van der Waals surface area contributed by atoms with E-state index in [2.05, 4.69) is 10.3 Å². The molecule has 1 aromatic heterocycles. The number of amides is 2. The maximum Gasteiger partial charge on any atom is 0.225 e. The summed E-state index contributed by atoms with van der Waals surface area (Å²) in [5.74, 6) is -0.293. The van der Waals surface area contributed by atoms with E-state index >= 15 is 0 Å². The Morgan fingerprint density at radius 3 is 2.68 bits per heavy atom. The Hall–Kier alpha value is -2.76. The first-order chi connectivity index (χ1) is 15.0. The molecule has 1 N–H and O–H groups in total. The molecule has 0 unspecified atom stereocenters. The second-order valence-electron chi connectivity index (χ2n) is 8.94. The van der Waals surface area contributed by atoms with Gasteiger partial charge in [0, 0.05) is 43.9 Å².